The van der Waals surface area contributed by atoms with Crippen LogP contribution in [0, 0.1) is 5.92 Å². The van der Waals surface area contributed by atoms with Crippen molar-refractivity contribution < 1.29 is 4.79 Å². The van der Waals surface area contributed by atoms with Crippen molar-refractivity contribution in [2.45, 2.75) is 58.5 Å². The Kier molecular flexibility index (Phi) is 9.96. The monoisotopic (exact) mass is 396 g/mol. The molecule has 0 spiro atoms. The lowest BCUT2D eigenvalue weighted by Crippen LogP contribution is -2.44. The molecule has 1 unspecified atom stereocenters. The maximum Gasteiger partial charge on any atom is 0.220 e. The summed E-state index contributed by atoms with van der Waals surface area (Å²) in [5.41, 5.74) is 0. The summed E-state index contributed by atoms with van der Waals surface area (Å²) >= 11 is 0. The van der Waals surface area contributed by atoms with Gasteiger partial charge in [-0.25, -0.2) is 0 Å². The van der Waals surface area contributed by atoms with Crippen molar-refractivity contribution in [3.63, 3.8) is 0 Å². The SMILES string of the molecule is CN=C(NCCCC(=O)NC1CC1)NC(C)C(C)C.I. The van der Waals surface area contributed by atoms with Crippen LogP contribution < -0.4 is 16.0 Å². The number of nitrogens with one attached hydrogen (secondary N) is 3. The van der Waals surface area contributed by atoms with E-state index in [0.717, 1.165) is 31.8 Å². The minimum Gasteiger partial charge on any atom is -0.356 e. The van der Waals surface area contributed by atoms with Crippen LogP contribution in [0.3, 0.4) is 0 Å². The van der Waals surface area contributed by atoms with Crippen LogP contribution in [-0.2, 0) is 4.79 Å². The largest absolute Gasteiger partial charge is 0.356 e. The van der Waals surface area contributed by atoms with Crippen molar-refractivity contribution in [1.82, 2.24) is 16.0 Å². The van der Waals surface area contributed by atoms with Gasteiger partial charge in [-0.3, -0.25) is 9.79 Å². The Balaban J connectivity index is 0.00000361. The number of halogens is 1. The number of carbonyl (C=O) groups excluding carboxylic acids is 1. The van der Waals surface area contributed by atoms with E-state index in [-0.39, 0.29) is 29.9 Å². The molecule has 1 fully saturated rings. The van der Waals surface area contributed by atoms with Crippen molar-refractivity contribution in [1.29, 1.82) is 0 Å². The topological polar surface area (TPSA) is 65.5 Å². The number of carbonyl (C=O) groups is 1. The lowest BCUT2D eigenvalue weighted by atomic mass is 10.1. The van der Waals surface area contributed by atoms with E-state index in [1.807, 2.05) is 0 Å². The number of aliphatic imine (C=N–C) groups is 1. The van der Waals surface area contributed by atoms with Gasteiger partial charge in [0.15, 0.2) is 5.96 Å². The van der Waals surface area contributed by atoms with E-state index in [0.29, 0.717) is 24.4 Å². The Hall–Kier alpha value is -0.530. The van der Waals surface area contributed by atoms with Gasteiger partial charge >= 0.3 is 0 Å². The van der Waals surface area contributed by atoms with Gasteiger partial charge in [0, 0.05) is 32.1 Å². The summed E-state index contributed by atoms with van der Waals surface area (Å²) in [6.45, 7) is 7.25. The van der Waals surface area contributed by atoms with E-state index >= 15 is 0 Å². The van der Waals surface area contributed by atoms with Gasteiger partial charge in [-0.05, 0) is 32.1 Å². The highest BCUT2D eigenvalue weighted by molar-refractivity contribution is 14.0. The van der Waals surface area contributed by atoms with Crippen molar-refractivity contribution in [2.24, 2.45) is 10.9 Å². The Bertz CT molecular complexity index is 316. The van der Waals surface area contributed by atoms with Crippen molar-refractivity contribution in [3.8, 4) is 0 Å². The van der Waals surface area contributed by atoms with Crippen LogP contribution in [-0.4, -0.2) is 37.5 Å². The molecule has 0 aliphatic heterocycles. The van der Waals surface area contributed by atoms with Gasteiger partial charge in [-0.1, -0.05) is 13.8 Å². The van der Waals surface area contributed by atoms with Gasteiger partial charge in [0.1, 0.15) is 0 Å². The first-order valence-corrected chi connectivity index (χ1v) is 7.29. The second-order valence-corrected chi connectivity index (χ2v) is 5.62. The summed E-state index contributed by atoms with van der Waals surface area (Å²) in [5, 5.41) is 9.56. The van der Waals surface area contributed by atoms with Gasteiger partial charge in [0.2, 0.25) is 5.91 Å². The van der Waals surface area contributed by atoms with Gasteiger partial charge in [0.25, 0.3) is 0 Å². The number of rotatable bonds is 7. The minimum absolute atomic E-state index is 0. The highest BCUT2D eigenvalue weighted by atomic mass is 127. The molecule has 0 aromatic rings. The van der Waals surface area contributed by atoms with E-state index in [9.17, 15) is 4.79 Å². The first kappa shape index (κ1) is 19.5. The zero-order valence-corrected chi connectivity index (χ0v) is 15.4. The maximum atomic E-state index is 11.5. The zero-order chi connectivity index (χ0) is 14.3. The first-order chi connectivity index (χ1) is 9.02. The summed E-state index contributed by atoms with van der Waals surface area (Å²) < 4.78 is 0. The van der Waals surface area contributed by atoms with Gasteiger partial charge in [-0.15, -0.1) is 24.0 Å². The molecule has 1 aliphatic carbocycles. The highest BCUT2D eigenvalue weighted by Gasteiger charge is 2.22. The molecule has 3 N–H and O–H groups in total. The quantitative estimate of drug-likeness (QED) is 0.267. The second-order valence-electron chi connectivity index (χ2n) is 5.62. The van der Waals surface area contributed by atoms with Crippen LogP contribution >= 0.6 is 24.0 Å². The molecule has 0 heterocycles. The van der Waals surface area contributed by atoms with E-state index in [1.165, 1.54) is 0 Å². The predicted octanol–water partition coefficient (Wildman–Crippen LogP) is 1.87. The number of hydrogen-bond donors (Lipinski definition) is 3. The lowest BCUT2D eigenvalue weighted by Gasteiger charge is -2.20. The molecule has 1 rings (SSSR count). The average molecular weight is 396 g/mol. The Labute approximate surface area is 139 Å². The molecule has 0 saturated heterocycles. The fourth-order valence-corrected chi connectivity index (χ4v) is 1.56. The van der Waals surface area contributed by atoms with Crippen molar-refractivity contribution in [3.05, 3.63) is 0 Å². The van der Waals surface area contributed by atoms with E-state index in [2.05, 4.69) is 41.7 Å². The molecule has 1 saturated carbocycles. The van der Waals surface area contributed by atoms with Gasteiger partial charge in [-0.2, -0.15) is 0 Å². The molecule has 0 aromatic carbocycles. The molecule has 6 heteroatoms. The number of guanidine groups is 1. The number of nitrogens with zero attached hydrogens (tertiary/aromatic N) is 1. The normalized spacial score (nSPS) is 16.4. The maximum absolute atomic E-state index is 11.5. The molecule has 1 atom stereocenters. The fraction of sp³-hybridized carbons (Fsp3) is 0.857. The van der Waals surface area contributed by atoms with E-state index < -0.39 is 0 Å². The fourth-order valence-electron chi connectivity index (χ4n) is 1.56. The van der Waals surface area contributed by atoms with Crippen LogP contribution in [0.5, 0.6) is 0 Å². The van der Waals surface area contributed by atoms with E-state index in [4.69, 9.17) is 0 Å². The molecular formula is C14H29IN4O. The standard InChI is InChI=1S/C14H28N4O.HI/c1-10(2)11(3)17-14(15-4)16-9-5-6-13(19)18-12-7-8-12;/h10-12H,5-9H2,1-4H3,(H,18,19)(H2,15,16,17);1H. The lowest BCUT2D eigenvalue weighted by molar-refractivity contribution is -0.121. The molecule has 1 aliphatic rings. The smallest absolute Gasteiger partial charge is 0.220 e. The molecular weight excluding hydrogens is 367 g/mol. The van der Waals surface area contributed by atoms with Crippen LogP contribution in [0.25, 0.3) is 0 Å². The molecule has 1 amide bonds. The zero-order valence-electron chi connectivity index (χ0n) is 13.0. The highest BCUT2D eigenvalue weighted by Crippen LogP contribution is 2.18. The minimum atomic E-state index is 0. The van der Waals surface area contributed by atoms with E-state index in [1.54, 1.807) is 7.05 Å². The Morgan fingerprint density at radius 2 is 1.95 bits per heavy atom. The third-order valence-corrected chi connectivity index (χ3v) is 3.40. The average Bonchev–Trinajstić information content (AvgIpc) is 3.16. The Morgan fingerprint density at radius 1 is 1.30 bits per heavy atom. The summed E-state index contributed by atoms with van der Waals surface area (Å²) in [6.07, 6.45) is 3.71. The number of amides is 1. The Morgan fingerprint density at radius 3 is 2.45 bits per heavy atom. The number of hydrogen-bond acceptors (Lipinski definition) is 2. The predicted molar refractivity (Wildman–Crippen MR) is 94.6 cm³/mol. The summed E-state index contributed by atoms with van der Waals surface area (Å²) in [7, 11) is 1.77. The van der Waals surface area contributed by atoms with Crippen LogP contribution in [0.4, 0.5) is 0 Å². The molecule has 5 nitrogen and oxygen atoms in total. The van der Waals surface area contributed by atoms with Gasteiger partial charge in [0.05, 0.1) is 0 Å². The summed E-state index contributed by atoms with van der Waals surface area (Å²) in [4.78, 5) is 15.7. The van der Waals surface area contributed by atoms with Crippen molar-refractivity contribution in [2.75, 3.05) is 13.6 Å². The van der Waals surface area contributed by atoms with Crippen LogP contribution in [0.1, 0.15) is 46.5 Å². The third kappa shape index (κ3) is 8.60. The summed E-state index contributed by atoms with van der Waals surface area (Å²) in [5.74, 6) is 1.54. The molecule has 118 valence electrons. The molecule has 0 radical (unpaired) electrons. The van der Waals surface area contributed by atoms with Gasteiger partial charge < -0.3 is 16.0 Å². The molecule has 20 heavy (non-hydrogen) atoms. The summed E-state index contributed by atoms with van der Waals surface area (Å²) in [6, 6.07) is 0.839. The molecule has 0 bridgehead atoms. The van der Waals surface area contributed by atoms with Crippen LogP contribution in [0.2, 0.25) is 0 Å². The van der Waals surface area contributed by atoms with Crippen molar-refractivity contribution >= 4 is 35.8 Å². The third-order valence-electron chi connectivity index (χ3n) is 3.40. The second kappa shape index (κ2) is 10.2. The first-order valence-electron chi connectivity index (χ1n) is 7.29. The van der Waals surface area contributed by atoms with Crippen LogP contribution in [0.15, 0.2) is 4.99 Å². The molecule has 0 aromatic heterocycles.